The molecule has 1 aromatic heterocycles. The van der Waals surface area contributed by atoms with E-state index in [0.717, 1.165) is 14.2 Å². The second-order valence-corrected chi connectivity index (χ2v) is 5.84. The van der Waals surface area contributed by atoms with Gasteiger partial charge in [-0.15, -0.1) is 0 Å². The summed E-state index contributed by atoms with van der Waals surface area (Å²) in [5.74, 6) is -1.32. The monoisotopic (exact) mass is 388 g/mol. The fourth-order valence-electron chi connectivity index (χ4n) is 3.16. The summed E-state index contributed by atoms with van der Waals surface area (Å²) in [5, 5.41) is 11.7. The lowest BCUT2D eigenvalue weighted by Gasteiger charge is -2.18. The molecule has 0 unspecified atom stereocenters. The Balaban J connectivity index is 2.55. The van der Waals surface area contributed by atoms with Gasteiger partial charge in [0.25, 0.3) is 5.69 Å². The van der Waals surface area contributed by atoms with Gasteiger partial charge in [0.05, 0.1) is 41.7 Å². The smallest absolute Gasteiger partial charge is 0.340 e. The predicted molar refractivity (Wildman–Crippen MR) is 94.6 cm³/mol. The van der Waals surface area contributed by atoms with Gasteiger partial charge in [0.2, 0.25) is 6.79 Å². The van der Waals surface area contributed by atoms with Crippen molar-refractivity contribution in [2.75, 3.05) is 21.0 Å². The van der Waals surface area contributed by atoms with Crippen molar-refractivity contribution >= 4 is 17.6 Å². The molecule has 0 spiro atoms. The number of benzene rings is 1. The van der Waals surface area contributed by atoms with Crippen molar-refractivity contribution in [2.24, 2.45) is 0 Å². The van der Waals surface area contributed by atoms with E-state index < -0.39 is 16.9 Å². The molecule has 0 bridgehead atoms. The minimum Gasteiger partial charge on any atom is -0.465 e. The average molecular weight is 388 g/mol. The van der Waals surface area contributed by atoms with Crippen LogP contribution in [0.25, 0.3) is 11.1 Å². The second kappa shape index (κ2) is 7.14. The summed E-state index contributed by atoms with van der Waals surface area (Å²) in [4.78, 5) is 40.4. The molecule has 0 aliphatic carbocycles. The van der Waals surface area contributed by atoms with E-state index >= 15 is 0 Å². The number of aryl methyl sites for hydroxylation is 2. The van der Waals surface area contributed by atoms with Gasteiger partial charge >= 0.3 is 11.9 Å². The molecule has 2 heterocycles. The molecule has 28 heavy (non-hydrogen) atoms. The highest BCUT2D eigenvalue weighted by Gasteiger charge is 2.36. The standard InChI is InChI=1S/C18H16N2O8/c1-8-12(17(21)25-3)15(13(9(2)19-8)18(22)26-4)14-10(20(23)24)5-6-11-16(14)28-7-27-11/h5-6H,7H2,1-4H3. The van der Waals surface area contributed by atoms with Gasteiger partial charge in [0.15, 0.2) is 11.5 Å². The van der Waals surface area contributed by atoms with Crippen LogP contribution in [0.1, 0.15) is 32.1 Å². The van der Waals surface area contributed by atoms with E-state index in [0.29, 0.717) is 0 Å². The SMILES string of the molecule is COC(=O)c1c(C)nc(C)c(C(=O)OC)c1-c1c([N+](=O)[O-])ccc2c1OCO2. The van der Waals surface area contributed by atoms with Gasteiger partial charge in [-0.1, -0.05) is 0 Å². The molecule has 0 saturated heterocycles. The van der Waals surface area contributed by atoms with Crippen molar-refractivity contribution < 1.29 is 33.5 Å². The van der Waals surface area contributed by atoms with Crippen LogP contribution >= 0.6 is 0 Å². The minimum atomic E-state index is -0.809. The molecule has 10 nitrogen and oxygen atoms in total. The van der Waals surface area contributed by atoms with Crippen molar-refractivity contribution in [1.82, 2.24) is 4.98 Å². The molecule has 0 N–H and O–H groups in total. The highest BCUT2D eigenvalue weighted by Crippen LogP contribution is 2.49. The number of aromatic nitrogens is 1. The first-order valence-electron chi connectivity index (χ1n) is 8.07. The maximum absolute atomic E-state index is 12.5. The molecule has 146 valence electrons. The quantitative estimate of drug-likeness (QED) is 0.441. The largest absolute Gasteiger partial charge is 0.465 e. The normalized spacial score (nSPS) is 11.9. The van der Waals surface area contributed by atoms with Gasteiger partial charge in [-0.05, 0) is 19.9 Å². The number of nitro benzene ring substituents is 1. The summed E-state index contributed by atoms with van der Waals surface area (Å²) in [6, 6.07) is 2.61. The zero-order chi connectivity index (χ0) is 20.6. The Morgan fingerprint density at radius 3 is 2.11 bits per heavy atom. The Morgan fingerprint density at radius 2 is 1.61 bits per heavy atom. The lowest BCUT2D eigenvalue weighted by atomic mass is 9.90. The molecule has 0 atom stereocenters. The van der Waals surface area contributed by atoms with Crippen molar-refractivity contribution in [3.8, 4) is 22.6 Å². The Hall–Kier alpha value is -3.69. The lowest BCUT2D eigenvalue weighted by molar-refractivity contribution is -0.384. The molecule has 1 aliphatic rings. The molecule has 0 radical (unpaired) electrons. The van der Waals surface area contributed by atoms with Crippen LogP contribution in [-0.2, 0) is 9.47 Å². The maximum atomic E-state index is 12.5. The summed E-state index contributed by atoms with van der Waals surface area (Å²) in [6.07, 6.45) is 0. The second-order valence-electron chi connectivity index (χ2n) is 5.84. The van der Waals surface area contributed by atoms with Crippen LogP contribution in [0.4, 0.5) is 5.69 Å². The molecule has 0 saturated carbocycles. The maximum Gasteiger partial charge on any atom is 0.340 e. The van der Waals surface area contributed by atoms with E-state index in [9.17, 15) is 19.7 Å². The van der Waals surface area contributed by atoms with Gasteiger partial charge in [-0.2, -0.15) is 0 Å². The lowest BCUT2D eigenvalue weighted by Crippen LogP contribution is -2.16. The van der Waals surface area contributed by atoms with Crippen LogP contribution in [-0.4, -0.2) is 42.9 Å². The van der Waals surface area contributed by atoms with E-state index in [1.54, 1.807) is 0 Å². The van der Waals surface area contributed by atoms with Gasteiger partial charge in [0, 0.05) is 11.6 Å². The molecule has 0 fully saturated rings. The topological polar surface area (TPSA) is 127 Å². The van der Waals surface area contributed by atoms with Crippen molar-refractivity contribution in [1.29, 1.82) is 0 Å². The number of esters is 2. The first-order chi connectivity index (χ1) is 13.3. The fraction of sp³-hybridized carbons (Fsp3) is 0.278. The third-order valence-electron chi connectivity index (χ3n) is 4.30. The molecule has 3 rings (SSSR count). The predicted octanol–water partition coefficient (Wildman–Crippen LogP) is 2.58. The molecule has 0 amide bonds. The van der Waals surface area contributed by atoms with Crippen LogP contribution < -0.4 is 9.47 Å². The van der Waals surface area contributed by atoms with Crippen LogP contribution in [0, 0.1) is 24.0 Å². The molecular formula is C18H16N2O8. The number of hydrogen-bond acceptors (Lipinski definition) is 9. The molecule has 10 heteroatoms. The van der Waals surface area contributed by atoms with Crippen molar-refractivity contribution in [2.45, 2.75) is 13.8 Å². The minimum absolute atomic E-state index is 0.0437. The summed E-state index contributed by atoms with van der Waals surface area (Å²) >= 11 is 0. The summed E-state index contributed by atoms with van der Waals surface area (Å²) in [5.41, 5.74) is -0.214. The van der Waals surface area contributed by atoms with Gasteiger partial charge in [-0.25, -0.2) is 9.59 Å². The molecule has 1 aromatic carbocycles. The van der Waals surface area contributed by atoms with E-state index in [1.807, 2.05) is 0 Å². The number of methoxy groups -OCH3 is 2. The van der Waals surface area contributed by atoms with Crippen LogP contribution in [0.3, 0.4) is 0 Å². The Labute approximate surface area is 159 Å². The zero-order valence-electron chi connectivity index (χ0n) is 15.5. The van der Waals surface area contributed by atoms with Crippen LogP contribution in [0.15, 0.2) is 12.1 Å². The fourth-order valence-corrected chi connectivity index (χ4v) is 3.16. The first kappa shape index (κ1) is 19.1. The number of ether oxygens (including phenoxy) is 4. The van der Waals surface area contributed by atoms with E-state index in [4.69, 9.17) is 18.9 Å². The number of pyridine rings is 1. The third kappa shape index (κ3) is 2.88. The summed E-state index contributed by atoms with van der Waals surface area (Å²) in [6.45, 7) is 2.92. The van der Waals surface area contributed by atoms with Crippen LogP contribution in [0.5, 0.6) is 11.5 Å². The summed E-state index contributed by atoms with van der Waals surface area (Å²) in [7, 11) is 2.32. The van der Waals surface area contributed by atoms with E-state index in [1.165, 1.54) is 26.0 Å². The average Bonchev–Trinajstić information content (AvgIpc) is 3.14. The molecule has 1 aliphatic heterocycles. The Kier molecular flexibility index (Phi) is 4.87. The number of rotatable bonds is 4. The number of nitrogens with zero attached hydrogens (tertiary/aromatic N) is 2. The van der Waals surface area contributed by atoms with Crippen molar-refractivity contribution in [3.63, 3.8) is 0 Å². The van der Waals surface area contributed by atoms with Crippen molar-refractivity contribution in [3.05, 3.63) is 44.8 Å². The Morgan fingerprint density at radius 1 is 1.04 bits per heavy atom. The first-order valence-corrected chi connectivity index (χ1v) is 8.07. The van der Waals surface area contributed by atoms with Gasteiger partial charge < -0.3 is 18.9 Å². The van der Waals surface area contributed by atoms with Gasteiger partial charge in [-0.3, -0.25) is 15.1 Å². The van der Waals surface area contributed by atoms with E-state index in [-0.39, 0.29) is 57.6 Å². The summed E-state index contributed by atoms with van der Waals surface area (Å²) < 4.78 is 20.4. The third-order valence-corrected chi connectivity index (χ3v) is 4.30. The van der Waals surface area contributed by atoms with Crippen LogP contribution in [0.2, 0.25) is 0 Å². The Bertz CT molecular complexity index is 975. The number of nitro groups is 1. The number of carbonyl (C=O) groups is 2. The highest BCUT2D eigenvalue weighted by atomic mass is 16.7. The highest BCUT2D eigenvalue weighted by molar-refractivity contribution is 6.09. The number of fused-ring (bicyclic) bond motifs is 1. The van der Waals surface area contributed by atoms with E-state index in [2.05, 4.69) is 4.98 Å². The molecular weight excluding hydrogens is 372 g/mol. The molecule has 2 aromatic rings. The number of hydrogen-bond donors (Lipinski definition) is 0. The zero-order valence-corrected chi connectivity index (χ0v) is 15.5. The van der Waals surface area contributed by atoms with Gasteiger partial charge in [0.1, 0.15) is 5.56 Å². The number of carbonyl (C=O) groups excluding carboxylic acids is 2.